The summed E-state index contributed by atoms with van der Waals surface area (Å²) in [4.78, 5) is 4.61. The van der Waals surface area contributed by atoms with Crippen molar-refractivity contribution in [3.05, 3.63) is 51.5 Å². The number of nitrogens with one attached hydrogen (secondary N) is 1. The number of rotatable bonds is 5. The number of likely N-dealkylation sites (N-methyl/N-ethyl adjacent to an activating group) is 1. The lowest BCUT2D eigenvalue weighted by Crippen LogP contribution is -2.41. The molecule has 19 heavy (non-hydrogen) atoms. The molecule has 2 aromatic rings. The lowest BCUT2D eigenvalue weighted by molar-refractivity contribution is 0.404. The van der Waals surface area contributed by atoms with Crippen LogP contribution in [-0.2, 0) is 12.8 Å². The first-order valence-electron chi connectivity index (χ1n) is 7.00. The molecule has 0 spiro atoms. The van der Waals surface area contributed by atoms with Crippen LogP contribution in [0.25, 0.3) is 0 Å². The van der Waals surface area contributed by atoms with Crippen LogP contribution in [0.4, 0.5) is 0 Å². The van der Waals surface area contributed by atoms with Gasteiger partial charge in [-0.25, -0.2) is 4.98 Å². The van der Waals surface area contributed by atoms with Crippen molar-refractivity contribution in [3.8, 4) is 0 Å². The Kier molecular flexibility index (Phi) is 3.67. The predicted molar refractivity (Wildman–Crippen MR) is 80.9 cm³/mol. The molecular formula is C16H20N2S. The zero-order chi connectivity index (χ0) is 13.2. The van der Waals surface area contributed by atoms with E-state index < -0.39 is 0 Å². The van der Waals surface area contributed by atoms with Crippen molar-refractivity contribution in [2.45, 2.75) is 38.6 Å². The molecule has 0 saturated carbocycles. The number of aromatic nitrogens is 1. The summed E-state index contributed by atoms with van der Waals surface area (Å²) in [5, 5.41) is 7.05. The zero-order valence-corrected chi connectivity index (χ0v) is 12.3. The van der Waals surface area contributed by atoms with Crippen LogP contribution >= 0.6 is 11.3 Å². The number of hydrogen-bond donors (Lipinski definition) is 1. The number of hydrogen-bond acceptors (Lipinski definition) is 3. The normalized spacial score (nSPS) is 18.7. The van der Waals surface area contributed by atoms with Gasteiger partial charge >= 0.3 is 0 Å². The SMILES string of the molecule is CCNC(Cc1nc(C)cs1)C1Cc2ccccc21. The monoisotopic (exact) mass is 272 g/mol. The zero-order valence-electron chi connectivity index (χ0n) is 11.5. The summed E-state index contributed by atoms with van der Waals surface area (Å²) in [5.74, 6) is 0.653. The minimum Gasteiger partial charge on any atom is -0.313 e. The molecule has 0 bridgehead atoms. The van der Waals surface area contributed by atoms with Crippen LogP contribution in [0.1, 0.15) is 34.7 Å². The number of nitrogens with zero attached hydrogens (tertiary/aromatic N) is 1. The van der Waals surface area contributed by atoms with Crippen LogP contribution in [0, 0.1) is 6.92 Å². The molecule has 1 aromatic carbocycles. The van der Waals surface area contributed by atoms with Crippen molar-refractivity contribution in [2.24, 2.45) is 0 Å². The molecule has 2 nitrogen and oxygen atoms in total. The highest BCUT2D eigenvalue weighted by Crippen LogP contribution is 2.38. The lowest BCUT2D eigenvalue weighted by Gasteiger charge is -2.36. The van der Waals surface area contributed by atoms with Gasteiger partial charge in [0.2, 0.25) is 0 Å². The van der Waals surface area contributed by atoms with Crippen molar-refractivity contribution < 1.29 is 0 Å². The van der Waals surface area contributed by atoms with E-state index in [1.165, 1.54) is 22.6 Å². The fourth-order valence-corrected chi connectivity index (χ4v) is 3.79. The summed E-state index contributed by atoms with van der Waals surface area (Å²) in [6.07, 6.45) is 2.25. The second-order valence-electron chi connectivity index (χ2n) is 5.26. The van der Waals surface area contributed by atoms with E-state index in [1.54, 1.807) is 11.3 Å². The fourth-order valence-electron chi connectivity index (χ4n) is 2.96. The van der Waals surface area contributed by atoms with Crippen LogP contribution in [0.5, 0.6) is 0 Å². The average molecular weight is 272 g/mol. The number of aryl methyl sites for hydroxylation is 1. The van der Waals surface area contributed by atoms with Gasteiger partial charge in [-0.15, -0.1) is 11.3 Å². The van der Waals surface area contributed by atoms with Gasteiger partial charge in [-0.2, -0.15) is 0 Å². The van der Waals surface area contributed by atoms with Crippen molar-refractivity contribution in [3.63, 3.8) is 0 Å². The molecule has 3 rings (SSSR count). The van der Waals surface area contributed by atoms with Crippen molar-refractivity contribution in [1.29, 1.82) is 0 Å². The Hall–Kier alpha value is -1.19. The molecule has 0 aliphatic heterocycles. The Bertz CT molecular complexity index is 561. The lowest BCUT2D eigenvalue weighted by atomic mass is 9.72. The molecule has 2 atom stereocenters. The second kappa shape index (κ2) is 5.43. The topological polar surface area (TPSA) is 24.9 Å². The van der Waals surface area contributed by atoms with Gasteiger partial charge in [-0.3, -0.25) is 0 Å². The van der Waals surface area contributed by atoms with Gasteiger partial charge in [-0.05, 0) is 31.0 Å². The Balaban J connectivity index is 1.76. The van der Waals surface area contributed by atoms with Gasteiger partial charge in [0.05, 0.1) is 5.01 Å². The quantitative estimate of drug-likeness (QED) is 0.903. The second-order valence-corrected chi connectivity index (χ2v) is 6.20. The summed E-state index contributed by atoms with van der Waals surface area (Å²) in [6, 6.07) is 9.34. The van der Waals surface area contributed by atoms with E-state index in [9.17, 15) is 0 Å². The van der Waals surface area contributed by atoms with Gasteiger partial charge < -0.3 is 5.32 Å². The number of thiazole rings is 1. The predicted octanol–water partition coefficient (Wildman–Crippen LogP) is 3.31. The minimum absolute atomic E-state index is 0.519. The molecule has 0 saturated heterocycles. The third-order valence-electron chi connectivity index (χ3n) is 3.91. The standard InChI is InChI=1S/C16H20N2S/c1-3-17-15(9-16-18-11(2)10-19-16)14-8-12-6-4-5-7-13(12)14/h4-7,10,14-15,17H,3,8-9H2,1-2H3. The van der Waals surface area contributed by atoms with Gasteiger partial charge in [0.1, 0.15) is 0 Å². The molecular weight excluding hydrogens is 252 g/mol. The van der Waals surface area contributed by atoms with Crippen molar-refractivity contribution >= 4 is 11.3 Å². The van der Waals surface area contributed by atoms with E-state index in [0.29, 0.717) is 12.0 Å². The Morgan fingerprint density at radius 1 is 1.42 bits per heavy atom. The molecule has 3 heteroatoms. The van der Waals surface area contributed by atoms with E-state index >= 15 is 0 Å². The fraction of sp³-hybridized carbons (Fsp3) is 0.438. The Labute approximate surface area is 118 Å². The van der Waals surface area contributed by atoms with Gasteiger partial charge in [0.25, 0.3) is 0 Å². The maximum absolute atomic E-state index is 4.61. The third-order valence-corrected chi connectivity index (χ3v) is 4.90. The summed E-state index contributed by atoms with van der Waals surface area (Å²) in [5.41, 5.74) is 4.19. The van der Waals surface area contributed by atoms with Crippen LogP contribution in [0.3, 0.4) is 0 Å². The van der Waals surface area contributed by atoms with E-state index in [1.807, 2.05) is 0 Å². The minimum atomic E-state index is 0.519. The van der Waals surface area contributed by atoms with Crippen LogP contribution in [-0.4, -0.2) is 17.6 Å². The smallest absolute Gasteiger partial charge is 0.0943 e. The first-order chi connectivity index (χ1) is 9.28. The molecule has 1 N–H and O–H groups in total. The highest BCUT2D eigenvalue weighted by atomic mass is 32.1. The molecule has 0 fully saturated rings. The molecule has 1 aliphatic carbocycles. The average Bonchev–Trinajstić information content (AvgIpc) is 2.77. The summed E-state index contributed by atoms with van der Waals surface area (Å²) in [6.45, 7) is 5.28. The van der Waals surface area contributed by atoms with E-state index in [4.69, 9.17) is 0 Å². The molecule has 1 aliphatic rings. The van der Waals surface area contributed by atoms with Gasteiger partial charge in [0.15, 0.2) is 0 Å². The molecule has 2 unspecified atom stereocenters. The first kappa shape index (κ1) is 12.8. The first-order valence-corrected chi connectivity index (χ1v) is 7.88. The van der Waals surface area contributed by atoms with Crippen molar-refractivity contribution in [1.82, 2.24) is 10.3 Å². The summed E-state index contributed by atoms with van der Waals surface area (Å²) < 4.78 is 0. The van der Waals surface area contributed by atoms with Crippen LogP contribution in [0.15, 0.2) is 29.6 Å². The summed E-state index contributed by atoms with van der Waals surface area (Å²) >= 11 is 1.79. The van der Waals surface area contributed by atoms with Crippen molar-refractivity contribution in [2.75, 3.05) is 6.54 Å². The highest BCUT2D eigenvalue weighted by molar-refractivity contribution is 7.09. The van der Waals surface area contributed by atoms with E-state index in [2.05, 4.69) is 53.8 Å². The maximum Gasteiger partial charge on any atom is 0.0943 e. The van der Waals surface area contributed by atoms with Crippen LogP contribution < -0.4 is 5.32 Å². The Morgan fingerprint density at radius 3 is 2.95 bits per heavy atom. The van der Waals surface area contributed by atoms with Gasteiger partial charge in [0, 0.05) is 29.5 Å². The largest absolute Gasteiger partial charge is 0.313 e. The number of fused-ring (bicyclic) bond motifs is 1. The van der Waals surface area contributed by atoms with E-state index in [-0.39, 0.29) is 0 Å². The van der Waals surface area contributed by atoms with Gasteiger partial charge in [-0.1, -0.05) is 31.2 Å². The number of benzene rings is 1. The third kappa shape index (κ3) is 2.58. The maximum atomic E-state index is 4.61. The molecule has 1 aromatic heterocycles. The molecule has 100 valence electrons. The molecule has 0 amide bonds. The molecule has 1 heterocycles. The molecule has 0 radical (unpaired) electrons. The van der Waals surface area contributed by atoms with E-state index in [0.717, 1.165) is 18.7 Å². The van der Waals surface area contributed by atoms with Crippen LogP contribution in [0.2, 0.25) is 0 Å². The summed E-state index contributed by atoms with van der Waals surface area (Å²) in [7, 11) is 0. The highest BCUT2D eigenvalue weighted by Gasteiger charge is 2.32. The Morgan fingerprint density at radius 2 is 2.26 bits per heavy atom.